The Bertz CT molecular complexity index is 730. The molecule has 0 N–H and O–H groups in total. The van der Waals surface area contributed by atoms with Gasteiger partial charge in [-0.05, 0) is 32.1 Å². The van der Waals surface area contributed by atoms with Crippen molar-refractivity contribution >= 4 is 11.9 Å². The number of carbonyl (C=O) groups excluding carboxylic acids is 1. The van der Waals surface area contributed by atoms with Crippen LogP contribution in [-0.4, -0.2) is 29.8 Å². The molecule has 0 fully saturated rings. The summed E-state index contributed by atoms with van der Waals surface area (Å²) in [6, 6.07) is 5.54. The van der Waals surface area contributed by atoms with Gasteiger partial charge in [-0.3, -0.25) is 9.48 Å². The number of hydrogen-bond acceptors (Lipinski definition) is 4. The maximum absolute atomic E-state index is 12.4. The number of ether oxygens (including phenoxy) is 2. The normalized spacial score (nSPS) is 11.0. The lowest BCUT2D eigenvalue weighted by Gasteiger charge is -2.09. The topological polar surface area (TPSA) is 53.3 Å². The standard InChI is InChI=1S/C17H20N2O3/c1-11-16(12(2)19(3)18-11)14(20)10-9-13-7-6-8-15(21-4)17(13)22-5/h6-10H,1-5H3. The third-order valence-electron chi connectivity index (χ3n) is 3.60. The zero-order chi connectivity index (χ0) is 16.3. The van der Waals surface area contributed by atoms with E-state index >= 15 is 0 Å². The molecule has 1 aromatic heterocycles. The van der Waals surface area contributed by atoms with E-state index < -0.39 is 0 Å². The van der Waals surface area contributed by atoms with Crippen LogP contribution in [0.4, 0.5) is 0 Å². The van der Waals surface area contributed by atoms with Gasteiger partial charge in [0.1, 0.15) is 0 Å². The molecule has 0 amide bonds. The van der Waals surface area contributed by atoms with Gasteiger partial charge in [0.25, 0.3) is 0 Å². The van der Waals surface area contributed by atoms with Crippen molar-refractivity contribution in [1.82, 2.24) is 9.78 Å². The van der Waals surface area contributed by atoms with Crippen LogP contribution in [0.5, 0.6) is 11.5 Å². The summed E-state index contributed by atoms with van der Waals surface area (Å²) in [4.78, 5) is 12.4. The summed E-state index contributed by atoms with van der Waals surface area (Å²) >= 11 is 0. The van der Waals surface area contributed by atoms with Crippen molar-refractivity contribution in [3.63, 3.8) is 0 Å². The maximum atomic E-state index is 12.4. The number of hydrogen-bond donors (Lipinski definition) is 0. The molecule has 5 nitrogen and oxygen atoms in total. The molecule has 22 heavy (non-hydrogen) atoms. The number of methoxy groups -OCH3 is 2. The van der Waals surface area contributed by atoms with Crippen LogP contribution >= 0.6 is 0 Å². The molecule has 0 aliphatic rings. The summed E-state index contributed by atoms with van der Waals surface area (Å²) in [5.74, 6) is 1.16. The molecule has 0 bridgehead atoms. The lowest BCUT2D eigenvalue weighted by atomic mass is 10.1. The lowest BCUT2D eigenvalue weighted by Crippen LogP contribution is -2.00. The van der Waals surface area contributed by atoms with Crippen molar-refractivity contribution in [2.45, 2.75) is 13.8 Å². The van der Waals surface area contributed by atoms with E-state index in [9.17, 15) is 4.79 Å². The molecule has 0 saturated carbocycles. The quantitative estimate of drug-likeness (QED) is 0.629. The van der Waals surface area contributed by atoms with Gasteiger partial charge in [-0.25, -0.2) is 0 Å². The zero-order valence-electron chi connectivity index (χ0n) is 13.5. The molecule has 0 radical (unpaired) electrons. The van der Waals surface area contributed by atoms with E-state index in [1.54, 1.807) is 25.0 Å². The minimum absolute atomic E-state index is 0.0760. The van der Waals surface area contributed by atoms with Crippen molar-refractivity contribution in [3.8, 4) is 11.5 Å². The monoisotopic (exact) mass is 300 g/mol. The van der Waals surface area contributed by atoms with Gasteiger partial charge in [-0.15, -0.1) is 0 Å². The highest BCUT2D eigenvalue weighted by atomic mass is 16.5. The van der Waals surface area contributed by atoms with Crippen LogP contribution in [0.2, 0.25) is 0 Å². The minimum Gasteiger partial charge on any atom is -0.493 e. The first-order chi connectivity index (χ1) is 10.5. The highest BCUT2D eigenvalue weighted by molar-refractivity contribution is 6.08. The molecule has 1 heterocycles. The summed E-state index contributed by atoms with van der Waals surface area (Å²) in [6.07, 6.45) is 3.27. The molecule has 1 aromatic carbocycles. The molecule has 0 atom stereocenters. The lowest BCUT2D eigenvalue weighted by molar-refractivity contribution is 0.104. The fourth-order valence-corrected chi connectivity index (χ4v) is 2.42. The fraction of sp³-hybridized carbons (Fsp3) is 0.294. The van der Waals surface area contributed by atoms with Crippen molar-refractivity contribution < 1.29 is 14.3 Å². The third kappa shape index (κ3) is 2.88. The van der Waals surface area contributed by atoms with Gasteiger partial charge >= 0.3 is 0 Å². The van der Waals surface area contributed by atoms with E-state index in [4.69, 9.17) is 9.47 Å². The van der Waals surface area contributed by atoms with Crippen LogP contribution in [0.15, 0.2) is 24.3 Å². The molecule has 0 spiro atoms. The van der Waals surface area contributed by atoms with E-state index in [0.717, 1.165) is 17.0 Å². The Morgan fingerprint density at radius 1 is 1.23 bits per heavy atom. The second kappa shape index (κ2) is 6.47. The minimum atomic E-state index is -0.0760. The SMILES string of the molecule is COc1cccc(C=CC(=O)c2c(C)nn(C)c2C)c1OC. The van der Waals surface area contributed by atoms with Crippen molar-refractivity contribution in [2.24, 2.45) is 7.05 Å². The Hall–Kier alpha value is -2.56. The summed E-state index contributed by atoms with van der Waals surface area (Å²) in [6.45, 7) is 3.72. The predicted octanol–water partition coefficient (Wildman–Crippen LogP) is 2.95. The highest BCUT2D eigenvalue weighted by Gasteiger charge is 2.15. The third-order valence-corrected chi connectivity index (χ3v) is 3.60. The molecule has 116 valence electrons. The maximum Gasteiger partial charge on any atom is 0.189 e. The van der Waals surface area contributed by atoms with E-state index in [1.807, 2.05) is 39.1 Å². The molecule has 2 aromatic rings. The van der Waals surface area contributed by atoms with E-state index in [0.29, 0.717) is 17.1 Å². The Morgan fingerprint density at radius 3 is 2.50 bits per heavy atom. The van der Waals surface area contributed by atoms with Gasteiger partial charge in [0.2, 0.25) is 0 Å². The van der Waals surface area contributed by atoms with Crippen LogP contribution in [-0.2, 0) is 7.05 Å². The second-order valence-electron chi connectivity index (χ2n) is 4.95. The predicted molar refractivity (Wildman–Crippen MR) is 85.6 cm³/mol. The van der Waals surface area contributed by atoms with Crippen molar-refractivity contribution in [1.29, 1.82) is 0 Å². The Balaban J connectivity index is 2.35. The number of rotatable bonds is 5. The van der Waals surface area contributed by atoms with E-state index in [-0.39, 0.29) is 5.78 Å². The van der Waals surface area contributed by atoms with Gasteiger partial charge < -0.3 is 9.47 Å². The van der Waals surface area contributed by atoms with Crippen LogP contribution in [0.1, 0.15) is 27.3 Å². The Morgan fingerprint density at radius 2 is 1.95 bits per heavy atom. The van der Waals surface area contributed by atoms with Crippen molar-refractivity contribution in [2.75, 3.05) is 14.2 Å². The van der Waals surface area contributed by atoms with E-state index in [1.165, 1.54) is 6.08 Å². The average molecular weight is 300 g/mol. The summed E-state index contributed by atoms with van der Waals surface area (Å²) in [5.41, 5.74) is 3.01. The molecule has 0 aliphatic carbocycles. The van der Waals surface area contributed by atoms with Gasteiger partial charge in [-0.2, -0.15) is 5.10 Å². The first-order valence-corrected chi connectivity index (χ1v) is 6.93. The van der Waals surface area contributed by atoms with E-state index in [2.05, 4.69) is 5.10 Å². The largest absolute Gasteiger partial charge is 0.493 e. The summed E-state index contributed by atoms with van der Waals surface area (Å²) < 4.78 is 12.3. The van der Waals surface area contributed by atoms with Crippen LogP contribution in [0.25, 0.3) is 6.08 Å². The number of nitrogens with zero attached hydrogens (tertiary/aromatic N) is 2. The molecule has 0 saturated heterocycles. The first kappa shape index (κ1) is 15.8. The number of ketones is 1. The molecular weight excluding hydrogens is 280 g/mol. The summed E-state index contributed by atoms with van der Waals surface area (Å²) in [7, 11) is 4.99. The van der Waals surface area contributed by atoms with Crippen molar-refractivity contribution in [3.05, 3.63) is 46.8 Å². The fourth-order valence-electron chi connectivity index (χ4n) is 2.42. The number of aromatic nitrogens is 2. The average Bonchev–Trinajstić information content (AvgIpc) is 2.77. The van der Waals surface area contributed by atoms with Gasteiger partial charge in [0.05, 0.1) is 25.5 Å². The molecule has 0 unspecified atom stereocenters. The first-order valence-electron chi connectivity index (χ1n) is 6.93. The number of benzene rings is 1. The number of allylic oxidation sites excluding steroid dienone is 1. The number of carbonyl (C=O) groups is 1. The molecular formula is C17H20N2O3. The number of aryl methyl sites for hydroxylation is 2. The Labute approximate surface area is 130 Å². The van der Waals surface area contributed by atoms with Gasteiger partial charge in [-0.1, -0.05) is 12.1 Å². The molecule has 0 aliphatic heterocycles. The smallest absolute Gasteiger partial charge is 0.189 e. The van der Waals surface area contributed by atoms with Crippen LogP contribution in [0, 0.1) is 13.8 Å². The highest BCUT2D eigenvalue weighted by Crippen LogP contribution is 2.31. The number of para-hydroxylation sites is 1. The molecule has 2 rings (SSSR count). The second-order valence-corrected chi connectivity index (χ2v) is 4.95. The summed E-state index contributed by atoms with van der Waals surface area (Å²) in [5, 5.41) is 4.27. The van der Waals surface area contributed by atoms with Crippen LogP contribution in [0.3, 0.4) is 0 Å². The van der Waals surface area contributed by atoms with Crippen LogP contribution < -0.4 is 9.47 Å². The van der Waals surface area contributed by atoms with Gasteiger partial charge in [0.15, 0.2) is 17.3 Å². The van der Waals surface area contributed by atoms with Gasteiger partial charge in [0, 0.05) is 18.3 Å². The Kier molecular flexibility index (Phi) is 4.65. The molecule has 5 heteroatoms. The zero-order valence-corrected chi connectivity index (χ0v) is 13.5.